The zero-order chi connectivity index (χ0) is 14.0. The van der Waals surface area contributed by atoms with Crippen LogP contribution in [0.5, 0.6) is 0 Å². The zero-order valence-corrected chi connectivity index (χ0v) is 13.6. The molecule has 6 heteroatoms. The molecule has 0 saturated heterocycles. The highest BCUT2D eigenvalue weighted by atomic mass is 79.9. The molecule has 2 N–H and O–H groups in total. The fraction of sp³-hybridized carbons (Fsp3) is 0.0769. The van der Waals surface area contributed by atoms with Crippen molar-refractivity contribution in [3.8, 4) is 0 Å². The number of rotatable bonds is 3. The molecular formula is C13H10BrCl2NOS. The summed E-state index contributed by atoms with van der Waals surface area (Å²) in [6.45, 7) is 0. The Balaban J connectivity index is 2.28. The van der Waals surface area contributed by atoms with Gasteiger partial charge >= 0.3 is 0 Å². The third kappa shape index (κ3) is 3.72. The first-order chi connectivity index (χ1) is 8.97. The van der Waals surface area contributed by atoms with Crippen LogP contribution in [0.3, 0.4) is 0 Å². The predicted molar refractivity (Wildman–Crippen MR) is 85.1 cm³/mol. The van der Waals surface area contributed by atoms with Gasteiger partial charge < -0.3 is 5.73 Å². The molecule has 0 fully saturated rings. The van der Waals surface area contributed by atoms with Gasteiger partial charge in [-0.05, 0) is 35.9 Å². The van der Waals surface area contributed by atoms with Gasteiger partial charge in [0.2, 0.25) is 0 Å². The monoisotopic (exact) mass is 377 g/mol. The van der Waals surface area contributed by atoms with Gasteiger partial charge in [-0.25, -0.2) is 0 Å². The van der Waals surface area contributed by atoms with Crippen molar-refractivity contribution in [2.24, 2.45) is 0 Å². The van der Waals surface area contributed by atoms with Gasteiger partial charge in [0.05, 0.1) is 26.5 Å². The van der Waals surface area contributed by atoms with E-state index in [1.165, 1.54) is 0 Å². The third-order valence-corrected chi connectivity index (χ3v) is 5.19. The third-order valence-electron chi connectivity index (χ3n) is 2.50. The van der Waals surface area contributed by atoms with Crippen LogP contribution in [0.2, 0.25) is 10.0 Å². The Labute approximate surface area is 132 Å². The SMILES string of the molecule is Nc1ccc(Cl)c(S(=O)Cc2ccc(Br)cc2Cl)c1. The van der Waals surface area contributed by atoms with Gasteiger partial charge in [0.15, 0.2) is 0 Å². The molecule has 2 rings (SSSR count). The van der Waals surface area contributed by atoms with Gasteiger partial charge in [0.1, 0.15) is 0 Å². The lowest BCUT2D eigenvalue weighted by Gasteiger charge is -2.07. The molecule has 0 aromatic heterocycles. The molecule has 0 bridgehead atoms. The number of benzene rings is 2. The lowest BCUT2D eigenvalue weighted by atomic mass is 10.2. The summed E-state index contributed by atoms with van der Waals surface area (Å²) in [6, 6.07) is 10.4. The van der Waals surface area contributed by atoms with E-state index in [0.29, 0.717) is 26.4 Å². The first-order valence-corrected chi connectivity index (χ1v) is 8.21. The Hall–Kier alpha value is -0.550. The molecule has 0 aliphatic rings. The topological polar surface area (TPSA) is 43.1 Å². The molecule has 0 aliphatic carbocycles. The molecule has 1 unspecified atom stereocenters. The van der Waals surface area contributed by atoms with Crippen LogP contribution in [-0.4, -0.2) is 4.21 Å². The quantitative estimate of drug-likeness (QED) is 0.790. The second-order valence-corrected chi connectivity index (χ2v) is 7.07. The average molecular weight is 379 g/mol. The predicted octanol–water partition coefficient (Wildman–Crippen LogP) is 4.65. The molecule has 0 radical (unpaired) electrons. The standard InChI is InChI=1S/C13H10BrCl2NOS/c14-9-2-1-8(12(16)5-9)7-19(18)13-6-10(17)3-4-11(13)15/h1-6H,7,17H2. The highest BCUT2D eigenvalue weighted by Gasteiger charge is 2.12. The largest absolute Gasteiger partial charge is 0.399 e. The molecule has 0 aliphatic heterocycles. The van der Waals surface area contributed by atoms with Gasteiger partial charge in [-0.2, -0.15) is 0 Å². The van der Waals surface area contributed by atoms with Crippen LogP contribution in [-0.2, 0) is 16.6 Å². The van der Waals surface area contributed by atoms with E-state index in [4.69, 9.17) is 28.9 Å². The van der Waals surface area contributed by atoms with Gasteiger partial charge in [-0.1, -0.05) is 45.2 Å². The number of hydrogen-bond donors (Lipinski definition) is 1. The lowest BCUT2D eigenvalue weighted by molar-refractivity contribution is 0.682. The molecule has 0 spiro atoms. The molecule has 2 aromatic carbocycles. The number of anilines is 1. The summed E-state index contributed by atoms with van der Waals surface area (Å²) in [5, 5.41) is 1.02. The average Bonchev–Trinajstić information content (AvgIpc) is 2.35. The summed E-state index contributed by atoms with van der Waals surface area (Å²) >= 11 is 15.5. The van der Waals surface area contributed by atoms with Crippen molar-refractivity contribution in [2.75, 3.05) is 5.73 Å². The molecule has 0 heterocycles. The van der Waals surface area contributed by atoms with Crippen LogP contribution in [0.1, 0.15) is 5.56 Å². The van der Waals surface area contributed by atoms with Crippen LogP contribution >= 0.6 is 39.1 Å². The van der Waals surface area contributed by atoms with E-state index in [2.05, 4.69) is 15.9 Å². The Bertz CT molecular complexity index is 649. The molecule has 2 nitrogen and oxygen atoms in total. The summed E-state index contributed by atoms with van der Waals surface area (Å²) in [5.74, 6) is 0.301. The van der Waals surface area contributed by atoms with Crippen molar-refractivity contribution in [2.45, 2.75) is 10.6 Å². The smallest absolute Gasteiger partial charge is 0.0598 e. The molecule has 19 heavy (non-hydrogen) atoms. The highest BCUT2D eigenvalue weighted by molar-refractivity contribution is 9.10. The fourth-order valence-electron chi connectivity index (χ4n) is 1.55. The Morgan fingerprint density at radius 3 is 2.53 bits per heavy atom. The second kappa shape index (κ2) is 6.27. The Kier molecular flexibility index (Phi) is 4.90. The molecular weight excluding hydrogens is 369 g/mol. The van der Waals surface area contributed by atoms with Crippen LogP contribution in [0.25, 0.3) is 0 Å². The number of halogens is 3. The van der Waals surface area contributed by atoms with Crippen LogP contribution in [0, 0.1) is 0 Å². The minimum Gasteiger partial charge on any atom is -0.399 e. The molecule has 0 saturated carbocycles. The minimum atomic E-state index is -1.28. The van der Waals surface area contributed by atoms with Gasteiger partial charge in [-0.3, -0.25) is 4.21 Å². The van der Waals surface area contributed by atoms with Crippen LogP contribution in [0.4, 0.5) is 5.69 Å². The number of nitrogen functional groups attached to an aromatic ring is 1. The van der Waals surface area contributed by atoms with Gasteiger partial charge in [0.25, 0.3) is 0 Å². The maximum Gasteiger partial charge on any atom is 0.0598 e. The molecule has 100 valence electrons. The number of hydrogen-bond acceptors (Lipinski definition) is 2. The van der Waals surface area contributed by atoms with Crippen LogP contribution < -0.4 is 5.73 Å². The van der Waals surface area contributed by atoms with E-state index in [0.717, 1.165) is 10.0 Å². The fourth-order valence-corrected chi connectivity index (χ4v) is 3.99. The van der Waals surface area contributed by atoms with E-state index in [1.54, 1.807) is 24.3 Å². The zero-order valence-electron chi connectivity index (χ0n) is 9.70. The highest BCUT2D eigenvalue weighted by Crippen LogP contribution is 2.27. The molecule has 1 atom stereocenters. The minimum absolute atomic E-state index is 0.301. The first-order valence-electron chi connectivity index (χ1n) is 5.34. The van der Waals surface area contributed by atoms with E-state index in [1.807, 2.05) is 12.1 Å². The van der Waals surface area contributed by atoms with E-state index in [-0.39, 0.29) is 0 Å². The first kappa shape index (κ1) is 14.9. The summed E-state index contributed by atoms with van der Waals surface area (Å²) in [4.78, 5) is 0.528. The molecule has 2 aromatic rings. The summed E-state index contributed by atoms with van der Waals surface area (Å²) in [5.41, 5.74) is 7.03. The Morgan fingerprint density at radius 2 is 1.84 bits per heavy atom. The van der Waals surface area contributed by atoms with Crippen molar-refractivity contribution in [3.63, 3.8) is 0 Å². The normalized spacial score (nSPS) is 12.4. The van der Waals surface area contributed by atoms with E-state index < -0.39 is 10.8 Å². The lowest BCUT2D eigenvalue weighted by Crippen LogP contribution is -1.99. The summed E-state index contributed by atoms with van der Waals surface area (Å²) < 4.78 is 13.2. The summed E-state index contributed by atoms with van der Waals surface area (Å²) in [6.07, 6.45) is 0. The van der Waals surface area contributed by atoms with Crippen molar-refractivity contribution in [1.29, 1.82) is 0 Å². The van der Waals surface area contributed by atoms with E-state index in [9.17, 15) is 4.21 Å². The van der Waals surface area contributed by atoms with Gasteiger partial charge in [-0.15, -0.1) is 0 Å². The second-order valence-electron chi connectivity index (χ2n) is 3.92. The van der Waals surface area contributed by atoms with Crippen molar-refractivity contribution in [3.05, 3.63) is 56.5 Å². The Morgan fingerprint density at radius 1 is 1.11 bits per heavy atom. The van der Waals surface area contributed by atoms with Crippen LogP contribution in [0.15, 0.2) is 45.8 Å². The van der Waals surface area contributed by atoms with Gasteiger partial charge in [0, 0.05) is 15.2 Å². The van der Waals surface area contributed by atoms with E-state index >= 15 is 0 Å². The van der Waals surface area contributed by atoms with Crippen molar-refractivity contribution < 1.29 is 4.21 Å². The number of nitrogens with two attached hydrogens (primary N) is 1. The van der Waals surface area contributed by atoms with Crippen molar-refractivity contribution in [1.82, 2.24) is 0 Å². The molecule has 0 amide bonds. The maximum atomic E-state index is 12.3. The maximum absolute atomic E-state index is 12.3. The summed E-state index contributed by atoms with van der Waals surface area (Å²) in [7, 11) is -1.28. The van der Waals surface area contributed by atoms with Crippen molar-refractivity contribution >= 4 is 55.6 Å².